The van der Waals surface area contributed by atoms with Crippen molar-refractivity contribution < 1.29 is 22.7 Å². The molecular weight excluding hydrogens is 421 g/mol. The highest BCUT2D eigenvalue weighted by molar-refractivity contribution is 5.89. The third kappa shape index (κ3) is 4.83. The monoisotopic (exact) mass is 446 g/mol. The summed E-state index contributed by atoms with van der Waals surface area (Å²) in [4.78, 5) is 13.1. The van der Waals surface area contributed by atoms with Gasteiger partial charge < -0.3 is 10.1 Å². The topological polar surface area (TPSA) is 68.5 Å². The molecule has 0 bridgehead atoms. The number of benzene rings is 1. The first kappa shape index (κ1) is 22.4. The van der Waals surface area contributed by atoms with E-state index in [0.717, 1.165) is 37.2 Å². The van der Waals surface area contributed by atoms with Crippen LogP contribution in [0, 0.1) is 0 Å². The number of hydrogen-bond donors (Lipinski definition) is 1. The van der Waals surface area contributed by atoms with Crippen molar-refractivity contribution in [3.63, 3.8) is 0 Å². The van der Waals surface area contributed by atoms with Crippen molar-refractivity contribution >= 4 is 11.4 Å². The third-order valence-electron chi connectivity index (χ3n) is 5.97. The van der Waals surface area contributed by atoms with Gasteiger partial charge in [-0.1, -0.05) is 30.3 Å². The number of Topliss-reactive ketones (excluding diaryl/α,β-unsaturated/α-hetero) is 1. The van der Waals surface area contributed by atoms with Crippen LogP contribution in [0.3, 0.4) is 0 Å². The number of fused-ring (bicyclic) bond motifs is 1. The molecule has 0 saturated carbocycles. The predicted molar refractivity (Wildman–Crippen MR) is 112 cm³/mol. The van der Waals surface area contributed by atoms with Gasteiger partial charge in [-0.2, -0.15) is 13.2 Å². The van der Waals surface area contributed by atoms with Crippen molar-refractivity contribution in [3.05, 3.63) is 65.6 Å². The van der Waals surface area contributed by atoms with Gasteiger partial charge in [-0.25, -0.2) is 0 Å². The molecule has 1 aliphatic rings. The molecule has 1 aliphatic heterocycles. The van der Waals surface area contributed by atoms with E-state index in [2.05, 4.69) is 15.5 Å². The molecule has 9 heteroatoms. The minimum absolute atomic E-state index is 0.00737. The molecule has 1 aromatic carbocycles. The summed E-state index contributed by atoms with van der Waals surface area (Å²) in [6.07, 6.45) is -1.79. The van der Waals surface area contributed by atoms with E-state index in [-0.39, 0.29) is 24.6 Å². The lowest BCUT2D eigenvalue weighted by Gasteiger charge is -2.25. The zero-order valence-corrected chi connectivity index (χ0v) is 17.7. The molecule has 32 heavy (non-hydrogen) atoms. The fraction of sp³-hybridized carbons (Fsp3) is 0.435. The van der Waals surface area contributed by atoms with Crippen LogP contribution < -0.4 is 5.32 Å². The number of nitrogens with zero attached hydrogens (tertiary/aromatic N) is 3. The Morgan fingerprint density at radius 3 is 2.69 bits per heavy atom. The van der Waals surface area contributed by atoms with Crippen LogP contribution in [0.5, 0.6) is 0 Å². The van der Waals surface area contributed by atoms with Crippen LogP contribution in [0.25, 0.3) is 5.65 Å². The summed E-state index contributed by atoms with van der Waals surface area (Å²) < 4.78 is 47.0. The Hall–Kier alpha value is -2.78. The lowest BCUT2D eigenvalue weighted by atomic mass is 9.88. The van der Waals surface area contributed by atoms with Gasteiger partial charge in [0.05, 0.1) is 24.3 Å². The summed E-state index contributed by atoms with van der Waals surface area (Å²) in [6.45, 7) is 3.09. The van der Waals surface area contributed by atoms with E-state index >= 15 is 0 Å². The number of ketones is 1. The zero-order valence-electron chi connectivity index (χ0n) is 17.7. The average molecular weight is 446 g/mol. The Labute approximate surface area is 183 Å². The van der Waals surface area contributed by atoms with Crippen molar-refractivity contribution in [2.24, 2.45) is 0 Å². The Morgan fingerprint density at radius 1 is 1.22 bits per heavy atom. The van der Waals surface area contributed by atoms with Crippen LogP contribution in [0.1, 0.15) is 49.1 Å². The summed E-state index contributed by atoms with van der Waals surface area (Å²) >= 11 is 0. The smallest absolute Gasteiger partial charge is 0.376 e. The Balaban J connectivity index is 1.61. The Kier molecular flexibility index (Phi) is 6.30. The molecule has 6 nitrogen and oxygen atoms in total. The molecule has 0 spiro atoms. The number of rotatable bonds is 8. The van der Waals surface area contributed by atoms with Crippen LogP contribution in [0.2, 0.25) is 0 Å². The Bertz CT molecular complexity index is 1080. The van der Waals surface area contributed by atoms with Crippen molar-refractivity contribution in [1.82, 2.24) is 19.9 Å². The maximum absolute atomic E-state index is 13.3. The summed E-state index contributed by atoms with van der Waals surface area (Å²) in [5, 5.41) is 11.4. The standard InChI is InChI=1S/C23H25F3N4O2/c1-22(10-5-11-27-22)19(31)12-17(15-32-14-16-6-3-2-4-7-16)21-29-28-20-9-8-18(13-30(20)21)23(24,25)26/h2-4,6-9,13,17,27H,5,10-12,14-15H2,1H3/t17-,22?/m1/s1. The fourth-order valence-corrected chi connectivity index (χ4v) is 4.05. The van der Waals surface area contributed by atoms with E-state index < -0.39 is 23.2 Å². The van der Waals surface area contributed by atoms with Gasteiger partial charge >= 0.3 is 6.18 Å². The van der Waals surface area contributed by atoms with Gasteiger partial charge in [0.15, 0.2) is 11.4 Å². The number of nitrogens with one attached hydrogen (secondary N) is 1. The molecule has 1 saturated heterocycles. The zero-order chi connectivity index (χ0) is 22.8. The summed E-state index contributed by atoms with van der Waals surface area (Å²) in [5.41, 5.74) is -0.188. The van der Waals surface area contributed by atoms with Crippen LogP contribution in [0.15, 0.2) is 48.7 Å². The van der Waals surface area contributed by atoms with Gasteiger partial charge in [0.25, 0.3) is 0 Å². The van der Waals surface area contributed by atoms with Crippen molar-refractivity contribution in [2.45, 2.75) is 50.4 Å². The average Bonchev–Trinajstić information content (AvgIpc) is 3.40. The van der Waals surface area contributed by atoms with E-state index in [1.165, 1.54) is 10.5 Å². The second-order valence-electron chi connectivity index (χ2n) is 8.39. The van der Waals surface area contributed by atoms with Gasteiger partial charge in [0, 0.05) is 18.5 Å². The van der Waals surface area contributed by atoms with Crippen molar-refractivity contribution in [1.29, 1.82) is 0 Å². The quantitative estimate of drug-likeness (QED) is 0.563. The molecular formula is C23H25F3N4O2. The first-order valence-corrected chi connectivity index (χ1v) is 10.6. The minimum Gasteiger partial charge on any atom is -0.376 e. The maximum atomic E-state index is 13.3. The van der Waals surface area contributed by atoms with Crippen LogP contribution in [0.4, 0.5) is 13.2 Å². The SMILES string of the molecule is CC1(C(=O)C[C@H](COCc2ccccc2)c2nnc3ccc(C(F)(F)F)cn23)CCCN1. The first-order chi connectivity index (χ1) is 15.3. The molecule has 2 atom stereocenters. The number of carbonyl (C=O) groups is 1. The van der Waals surface area contributed by atoms with Crippen molar-refractivity contribution in [3.8, 4) is 0 Å². The Morgan fingerprint density at radius 2 is 2.00 bits per heavy atom. The molecule has 1 N–H and O–H groups in total. The number of aromatic nitrogens is 3. The van der Waals surface area contributed by atoms with Gasteiger partial charge in [-0.15, -0.1) is 10.2 Å². The number of pyridine rings is 1. The van der Waals surface area contributed by atoms with E-state index in [0.29, 0.717) is 12.3 Å². The number of halogens is 3. The molecule has 1 unspecified atom stereocenters. The molecule has 3 aromatic rings. The summed E-state index contributed by atoms with van der Waals surface area (Å²) in [7, 11) is 0. The van der Waals surface area contributed by atoms with Crippen LogP contribution in [-0.4, -0.2) is 39.1 Å². The number of alkyl halides is 3. The van der Waals surface area contributed by atoms with Crippen molar-refractivity contribution in [2.75, 3.05) is 13.2 Å². The lowest BCUT2D eigenvalue weighted by molar-refractivity contribution is -0.137. The first-order valence-electron chi connectivity index (χ1n) is 10.6. The molecule has 2 aromatic heterocycles. The largest absolute Gasteiger partial charge is 0.417 e. The fourth-order valence-electron chi connectivity index (χ4n) is 4.05. The number of carbonyl (C=O) groups excluding carboxylic acids is 1. The second-order valence-corrected chi connectivity index (χ2v) is 8.39. The lowest BCUT2D eigenvalue weighted by Crippen LogP contribution is -2.45. The summed E-state index contributed by atoms with van der Waals surface area (Å²) in [6, 6.07) is 11.8. The highest BCUT2D eigenvalue weighted by Gasteiger charge is 2.38. The molecule has 0 amide bonds. The van der Waals surface area contributed by atoms with E-state index in [4.69, 9.17) is 4.74 Å². The third-order valence-corrected chi connectivity index (χ3v) is 5.97. The van der Waals surface area contributed by atoms with Gasteiger partial charge in [-0.3, -0.25) is 9.20 Å². The van der Waals surface area contributed by atoms with Gasteiger partial charge in [0.1, 0.15) is 5.82 Å². The van der Waals surface area contributed by atoms with E-state index in [9.17, 15) is 18.0 Å². The molecule has 0 radical (unpaired) electrons. The maximum Gasteiger partial charge on any atom is 0.417 e. The van der Waals surface area contributed by atoms with E-state index in [1.807, 2.05) is 37.3 Å². The number of hydrogen-bond acceptors (Lipinski definition) is 5. The van der Waals surface area contributed by atoms with Crippen LogP contribution in [-0.2, 0) is 22.3 Å². The molecule has 170 valence electrons. The van der Waals surface area contributed by atoms with E-state index in [1.54, 1.807) is 0 Å². The minimum atomic E-state index is -4.49. The molecule has 0 aliphatic carbocycles. The van der Waals surface area contributed by atoms with Crippen LogP contribution >= 0.6 is 0 Å². The molecule has 4 rings (SSSR count). The second kappa shape index (κ2) is 8.99. The highest BCUT2D eigenvalue weighted by atomic mass is 19.4. The molecule has 3 heterocycles. The highest BCUT2D eigenvalue weighted by Crippen LogP contribution is 2.31. The van der Waals surface area contributed by atoms with Gasteiger partial charge in [-0.05, 0) is 44.0 Å². The normalized spacial score (nSPS) is 20.0. The summed E-state index contributed by atoms with van der Waals surface area (Å²) in [5.74, 6) is -0.259. The number of ether oxygens (including phenoxy) is 1. The molecule has 1 fully saturated rings. The predicted octanol–water partition coefficient (Wildman–Crippen LogP) is 4.15. The van der Waals surface area contributed by atoms with Gasteiger partial charge in [0.2, 0.25) is 0 Å².